The van der Waals surface area contributed by atoms with Crippen LogP contribution in [0.2, 0.25) is 0 Å². The molecule has 2 N–H and O–H groups in total. The number of H-pyrrole nitrogens is 1. The van der Waals surface area contributed by atoms with E-state index in [1.807, 2.05) is 6.07 Å². The molecule has 37 heavy (non-hydrogen) atoms. The van der Waals surface area contributed by atoms with E-state index in [4.69, 9.17) is 0 Å². The molecule has 4 aromatic rings. The van der Waals surface area contributed by atoms with Gasteiger partial charge in [0.05, 0.1) is 17.5 Å². The largest absolute Gasteiger partial charge is 0.417 e. The molecular formula is C26H20F3N7O. The molecule has 2 aromatic carbocycles. The Balaban J connectivity index is 1.64. The van der Waals surface area contributed by atoms with E-state index in [9.17, 15) is 23.2 Å². The molecule has 2 aromatic heterocycles. The lowest BCUT2D eigenvalue weighted by Gasteiger charge is -2.18. The van der Waals surface area contributed by atoms with Crippen molar-refractivity contribution < 1.29 is 13.2 Å². The van der Waals surface area contributed by atoms with Gasteiger partial charge in [0.15, 0.2) is 0 Å². The number of nitrogens with one attached hydrogen (secondary N) is 2. The first-order chi connectivity index (χ1) is 17.7. The molecule has 0 bridgehead atoms. The monoisotopic (exact) mass is 503 g/mol. The van der Waals surface area contributed by atoms with Gasteiger partial charge in [-0.25, -0.2) is 15.4 Å². The van der Waals surface area contributed by atoms with Crippen LogP contribution in [0, 0.1) is 11.3 Å². The Morgan fingerprint density at radius 3 is 2.49 bits per heavy atom. The average molecular weight is 503 g/mol. The van der Waals surface area contributed by atoms with Crippen LogP contribution < -0.4 is 15.9 Å². The number of benzene rings is 2. The first kappa shape index (κ1) is 25.1. The first-order valence-electron chi connectivity index (χ1n) is 10.9. The van der Waals surface area contributed by atoms with Gasteiger partial charge in [-0.2, -0.15) is 23.5 Å². The summed E-state index contributed by atoms with van der Waals surface area (Å²) in [7, 11) is 3.40. The van der Waals surface area contributed by atoms with Gasteiger partial charge in [0.25, 0.3) is 5.56 Å². The zero-order chi connectivity index (χ0) is 26.6. The van der Waals surface area contributed by atoms with Gasteiger partial charge in [-0.05, 0) is 23.3 Å². The summed E-state index contributed by atoms with van der Waals surface area (Å²) < 4.78 is 39.9. The third-order valence-electron chi connectivity index (χ3n) is 5.28. The van der Waals surface area contributed by atoms with E-state index < -0.39 is 17.3 Å². The van der Waals surface area contributed by atoms with Gasteiger partial charge >= 0.3 is 6.18 Å². The highest BCUT2D eigenvalue weighted by Gasteiger charge is 2.32. The standard InChI is InChI=1S/C26H20F3N7O/c1-36(2)23-20(12-19(15-31-23)26(27,28)29)18-10-6-7-16(11-18)14-32-35-25-33-22(17-8-4-3-5-9-17)21(13-30)24(37)34-25/h3-12,14-15H,1-2H3,(H2,33,34,35,37). The highest BCUT2D eigenvalue weighted by atomic mass is 19.4. The van der Waals surface area contributed by atoms with Crippen LogP contribution in [0.4, 0.5) is 24.9 Å². The van der Waals surface area contributed by atoms with Crippen molar-refractivity contribution in [1.29, 1.82) is 5.26 Å². The quantitative estimate of drug-likeness (QED) is 0.286. The minimum Gasteiger partial charge on any atom is -0.362 e. The van der Waals surface area contributed by atoms with E-state index in [0.717, 1.165) is 12.3 Å². The van der Waals surface area contributed by atoms with Gasteiger partial charge in [-0.1, -0.05) is 48.5 Å². The summed E-state index contributed by atoms with van der Waals surface area (Å²) in [6, 6.07) is 18.5. The summed E-state index contributed by atoms with van der Waals surface area (Å²) >= 11 is 0. The van der Waals surface area contributed by atoms with Crippen molar-refractivity contribution in [3.8, 4) is 28.5 Å². The lowest BCUT2D eigenvalue weighted by Crippen LogP contribution is -2.16. The van der Waals surface area contributed by atoms with Crippen molar-refractivity contribution in [1.82, 2.24) is 15.0 Å². The van der Waals surface area contributed by atoms with Crippen LogP contribution in [0.15, 0.2) is 76.8 Å². The smallest absolute Gasteiger partial charge is 0.362 e. The Labute approximate surface area is 209 Å². The van der Waals surface area contributed by atoms with Crippen molar-refractivity contribution in [3.63, 3.8) is 0 Å². The first-order valence-corrected chi connectivity index (χ1v) is 10.9. The van der Waals surface area contributed by atoms with Crippen LogP contribution in [0.1, 0.15) is 16.7 Å². The summed E-state index contributed by atoms with van der Waals surface area (Å²) in [4.78, 5) is 24.8. The van der Waals surface area contributed by atoms with Crippen LogP contribution in [0.25, 0.3) is 22.4 Å². The highest BCUT2D eigenvalue weighted by molar-refractivity contribution is 5.85. The van der Waals surface area contributed by atoms with Crippen molar-refractivity contribution in [3.05, 3.63) is 93.9 Å². The molecule has 2 heterocycles. The molecule has 0 unspecified atom stereocenters. The highest BCUT2D eigenvalue weighted by Crippen LogP contribution is 2.35. The Morgan fingerprint density at radius 2 is 1.81 bits per heavy atom. The number of hydrogen-bond acceptors (Lipinski definition) is 7. The second-order valence-electron chi connectivity index (χ2n) is 8.10. The van der Waals surface area contributed by atoms with Gasteiger partial charge in [0.2, 0.25) is 5.95 Å². The molecule has 0 spiro atoms. The van der Waals surface area contributed by atoms with E-state index in [1.54, 1.807) is 73.6 Å². The minimum absolute atomic E-state index is 0.0206. The van der Waals surface area contributed by atoms with Gasteiger partial charge < -0.3 is 4.90 Å². The molecule has 0 atom stereocenters. The fourth-order valence-corrected chi connectivity index (χ4v) is 3.57. The lowest BCUT2D eigenvalue weighted by molar-refractivity contribution is -0.137. The molecule has 11 heteroatoms. The summed E-state index contributed by atoms with van der Waals surface area (Å²) in [5.74, 6) is 0.403. The van der Waals surface area contributed by atoms with Crippen LogP contribution in [-0.4, -0.2) is 35.3 Å². The number of hydrogen-bond donors (Lipinski definition) is 2. The maximum absolute atomic E-state index is 13.3. The van der Waals surface area contributed by atoms with E-state index in [1.165, 1.54) is 6.21 Å². The third kappa shape index (κ3) is 5.65. The molecule has 0 aliphatic heterocycles. The van der Waals surface area contributed by atoms with Crippen LogP contribution >= 0.6 is 0 Å². The van der Waals surface area contributed by atoms with Crippen molar-refractivity contribution in [2.45, 2.75) is 6.18 Å². The average Bonchev–Trinajstić information content (AvgIpc) is 2.88. The van der Waals surface area contributed by atoms with Crippen molar-refractivity contribution in [2.75, 3.05) is 24.4 Å². The number of hydrazone groups is 1. The van der Waals surface area contributed by atoms with Gasteiger partial charge in [0, 0.05) is 31.4 Å². The Hall–Kier alpha value is -4.98. The van der Waals surface area contributed by atoms with Gasteiger partial charge in [-0.3, -0.25) is 9.78 Å². The number of anilines is 2. The van der Waals surface area contributed by atoms with Crippen molar-refractivity contribution >= 4 is 18.0 Å². The van der Waals surface area contributed by atoms with E-state index >= 15 is 0 Å². The normalized spacial score (nSPS) is 11.4. The second-order valence-corrected chi connectivity index (χ2v) is 8.10. The zero-order valence-electron chi connectivity index (χ0n) is 19.7. The number of nitrogens with zero attached hydrogens (tertiary/aromatic N) is 5. The predicted octanol–water partition coefficient (Wildman–Crippen LogP) is 4.90. The number of aromatic nitrogens is 3. The molecule has 0 aliphatic rings. The number of pyridine rings is 1. The predicted molar refractivity (Wildman–Crippen MR) is 135 cm³/mol. The Morgan fingerprint density at radius 1 is 1.08 bits per heavy atom. The molecule has 0 saturated carbocycles. The van der Waals surface area contributed by atoms with Crippen LogP contribution in [-0.2, 0) is 6.18 Å². The van der Waals surface area contributed by atoms with Gasteiger partial charge in [0.1, 0.15) is 17.5 Å². The third-order valence-corrected chi connectivity index (χ3v) is 5.28. The fraction of sp³-hybridized carbons (Fsp3) is 0.115. The summed E-state index contributed by atoms with van der Waals surface area (Å²) in [6.45, 7) is 0. The second kappa shape index (κ2) is 10.3. The van der Waals surface area contributed by atoms with E-state index in [-0.39, 0.29) is 17.2 Å². The molecule has 0 radical (unpaired) electrons. The number of rotatable bonds is 6. The lowest BCUT2D eigenvalue weighted by atomic mass is 10.0. The molecule has 4 rings (SSSR count). The van der Waals surface area contributed by atoms with Gasteiger partial charge in [-0.15, -0.1) is 0 Å². The number of nitriles is 1. The van der Waals surface area contributed by atoms with Crippen LogP contribution in [0.3, 0.4) is 0 Å². The molecule has 0 amide bonds. The fourth-order valence-electron chi connectivity index (χ4n) is 3.57. The van der Waals surface area contributed by atoms with Crippen LogP contribution in [0.5, 0.6) is 0 Å². The maximum atomic E-state index is 13.3. The number of aromatic amines is 1. The van der Waals surface area contributed by atoms with E-state index in [2.05, 4.69) is 25.5 Å². The molecule has 0 aliphatic carbocycles. The molecular weight excluding hydrogens is 483 g/mol. The Kier molecular flexibility index (Phi) is 7.01. The SMILES string of the molecule is CN(C)c1ncc(C(F)(F)F)cc1-c1cccc(C=NNc2nc(-c3ccccc3)c(C#N)c(=O)[nH]2)c1. The molecule has 8 nitrogen and oxygen atoms in total. The molecule has 186 valence electrons. The number of alkyl halides is 3. The maximum Gasteiger partial charge on any atom is 0.417 e. The summed E-state index contributed by atoms with van der Waals surface area (Å²) in [5.41, 5.74) is 3.25. The Bertz CT molecular complexity index is 1560. The van der Waals surface area contributed by atoms with E-state index in [0.29, 0.717) is 28.1 Å². The molecule has 0 fully saturated rings. The topological polar surface area (TPSA) is 110 Å². The van der Waals surface area contributed by atoms with Crippen molar-refractivity contribution in [2.24, 2.45) is 5.10 Å². The number of halogens is 3. The summed E-state index contributed by atoms with van der Waals surface area (Å²) in [6.07, 6.45) is -2.29. The summed E-state index contributed by atoms with van der Waals surface area (Å²) in [5, 5.41) is 13.5. The molecule has 0 saturated heterocycles. The zero-order valence-corrected chi connectivity index (χ0v) is 19.7. The minimum atomic E-state index is -4.53.